The summed E-state index contributed by atoms with van der Waals surface area (Å²) in [4.78, 5) is 61.1. The van der Waals surface area contributed by atoms with E-state index in [0.717, 1.165) is 46.5 Å². The highest BCUT2D eigenvalue weighted by Gasteiger charge is 2.43. The molecule has 0 atom stereocenters. The molecule has 12 nitrogen and oxygen atoms in total. The Labute approximate surface area is 355 Å². The molecule has 2 aromatic rings. The number of hydrogen-bond acceptors (Lipinski definition) is 9. The van der Waals surface area contributed by atoms with E-state index in [-0.39, 0.29) is 40.4 Å². The second-order valence-corrected chi connectivity index (χ2v) is 18.7. The van der Waals surface area contributed by atoms with Gasteiger partial charge in [0.2, 0.25) is 0 Å². The second-order valence-electron chi connectivity index (χ2n) is 16.5. The van der Waals surface area contributed by atoms with Crippen LogP contribution in [-0.2, 0) is 34.8 Å². The van der Waals surface area contributed by atoms with E-state index in [2.05, 4.69) is 37.8 Å². The Bertz CT molecular complexity index is 2410. The minimum absolute atomic E-state index is 0.00727. The van der Waals surface area contributed by atoms with Gasteiger partial charge in [-0.25, -0.2) is 9.59 Å². The van der Waals surface area contributed by atoms with Gasteiger partial charge < -0.3 is 14.8 Å². The first-order valence-corrected chi connectivity index (χ1v) is 22.1. The monoisotopic (exact) mass is 865 g/mol. The number of nitrogens with zero attached hydrogens (tertiary/aromatic N) is 3. The van der Waals surface area contributed by atoms with Crippen molar-refractivity contribution in [3.63, 3.8) is 0 Å². The maximum atomic E-state index is 13.0. The lowest BCUT2D eigenvalue weighted by atomic mass is 9.62. The Morgan fingerprint density at radius 3 is 2.25 bits per heavy atom. The lowest BCUT2D eigenvalue weighted by molar-refractivity contribution is -0.197. The predicted molar refractivity (Wildman–Crippen MR) is 229 cm³/mol. The molecule has 0 radical (unpaired) electrons. The van der Waals surface area contributed by atoms with Crippen LogP contribution in [0.5, 0.6) is 0 Å². The molecule has 2 heterocycles. The van der Waals surface area contributed by atoms with Gasteiger partial charge in [0.05, 0.1) is 21.8 Å². The van der Waals surface area contributed by atoms with Gasteiger partial charge in [0, 0.05) is 60.1 Å². The molecule has 1 saturated heterocycles. The maximum Gasteiger partial charge on any atom is 0.337 e. The zero-order valence-corrected chi connectivity index (χ0v) is 36.4. The third-order valence-corrected chi connectivity index (χ3v) is 12.9. The number of hydroxylamine groups is 2. The Balaban J connectivity index is 1.46. The van der Waals surface area contributed by atoms with Gasteiger partial charge in [-0.1, -0.05) is 62.9 Å². The van der Waals surface area contributed by atoms with E-state index >= 15 is 0 Å². The molecule has 2 aliphatic carbocycles. The number of carboxylic acids is 1. The summed E-state index contributed by atoms with van der Waals surface area (Å²) in [6.45, 7) is 10.6. The van der Waals surface area contributed by atoms with Crippen LogP contribution in [-0.4, -0.2) is 77.5 Å². The number of allylic oxidation sites excluding steroid dienone is 5. The third-order valence-electron chi connectivity index (χ3n) is 11.6. The third kappa shape index (κ3) is 8.85. The van der Waals surface area contributed by atoms with E-state index in [1.54, 1.807) is 6.07 Å². The van der Waals surface area contributed by atoms with Gasteiger partial charge in [-0.05, 0) is 115 Å². The molecule has 59 heavy (non-hydrogen) atoms. The minimum Gasteiger partial charge on any atom is -0.478 e. The smallest absolute Gasteiger partial charge is 0.337 e. The first-order chi connectivity index (χ1) is 27.7. The molecule has 0 bridgehead atoms. The van der Waals surface area contributed by atoms with Crippen molar-refractivity contribution in [2.75, 3.05) is 24.2 Å². The van der Waals surface area contributed by atoms with E-state index in [0.29, 0.717) is 59.6 Å². The average molecular weight is 867 g/mol. The number of rotatable bonds is 14. The molecule has 2 amide bonds. The molecule has 1 fully saturated rings. The largest absolute Gasteiger partial charge is 0.478 e. The van der Waals surface area contributed by atoms with Crippen LogP contribution in [0.3, 0.4) is 0 Å². The highest BCUT2D eigenvalue weighted by atomic mass is 35.5. The minimum atomic E-state index is -4.43. The number of fused-ring (bicyclic) bond motifs is 3. The molecule has 6 rings (SSSR count). The van der Waals surface area contributed by atoms with E-state index < -0.39 is 50.6 Å². The number of carboxylic acid groups (broad SMARTS) is 1. The van der Waals surface area contributed by atoms with Crippen LogP contribution in [0.25, 0.3) is 11.1 Å². The van der Waals surface area contributed by atoms with Gasteiger partial charge in [-0.3, -0.25) is 19.1 Å². The number of carbonyl (C=O) groups is 4. The zero-order valence-electron chi connectivity index (χ0n) is 34.1. The summed E-state index contributed by atoms with van der Waals surface area (Å²) < 4.78 is 34.8. The highest BCUT2D eigenvalue weighted by Crippen LogP contribution is 2.55. The van der Waals surface area contributed by atoms with Gasteiger partial charge in [-0.15, -0.1) is 5.06 Å². The molecular formula is C44H49Cl2N3O9S. The lowest BCUT2D eigenvalue weighted by Gasteiger charge is -2.45. The first kappa shape index (κ1) is 44.0. The molecule has 0 spiro atoms. The van der Waals surface area contributed by atoms with Crippen molar-refractivity contribution in [2.45, 2.75) is 103 Å². The molecule has 15 heteroatoms. The number of aromatic carboxylic acids is 1. The molecule has 314 valence electrons. The van der Waals surface area contributed by atoms with Crippen LogP contribution < -0.4 is 4.90 Å². The quantitative estimate of drug-likeness (QED) is 0.106. The Morgan fingerprint density at radius 1 is 0.932 bits per heavy atom. The molecule has 0 saturated carbocycles. The van der Waals surface area contributed by atoms with E-state index in [4.69, 9.17) is 33.0 Å². The Morgan fingerprint density at radius 2 is 1.61 bits per heavy atom. The van der Waals surface area contributed by atoms with Crippen molar-refractivity contribution in [2.24, 2.45) is 4.99 Å². The molecule has 2 N–H and O–H groups in total. The summed E-state index contributed by atoms with van der Waals surface area (Å²) in [5.74, 6) is -3.54. The first-order valence-electron chi connectivity index (χ1n) is 19.8. The summed E-state index contributed by atoms with van der Waals surface area (Å²) in [5.41, 5.74) is 5.91. The number of unbranched alkanes of at least 4 members (excludes halogenated alkanes) is 3. The Kier molecular flexibility index (Phi) is 12.6. The predicted octanol–water partition coefficient (Wildman–Crippen LogP) is 8.95. The maximum absolute atomic E-state index is 13.0. The summed E-state index contributed by atoms with van der Waals surface area (Å²) >= 11 is 13.6. The van der Waals surface area contributed by atoms with Crippen LogP contribution in [0.4, 0.5) is 5.69 Å². The molecule has 0 aromatic heterocycles. The molecular weight excluding hydrogens is 817 g/mol. The van der Waals surface area contributed by atoms with Gasteiger partial charge in [0.15, 0.2) is 0 Å². The highest BCUT2D eigenvalue weighted by molar-refractivity contribution is 7.86. The van der Waals surface area contributed by atoms with Gasteiger partial charge in [0.1, 0.15) is 5.75 Å². The molecule has 2 aliphatic heterocycles. The number of hydrogen-bond donors (Lipinski definition) is 2. The fourth-order valence-corrected chi connectivity index (χ4v) is 9.40. The van der Waals surface area contributed by atoms with Crippen molar-refractivity contribution < 1.29 is 42.1 Å². The van der Waals surface area contributed by atoms with Crippen LogP contribution in [0.15, 0.2) is 64.2 Å². The fourth-order valence-electron chi connectivity index (χ4n) is 8.27. The SMILES string of the molecule is CCCCC1=CC2=C(c3c(Cl)ccc(Cl)c3C(=O)O)c3cc4c(cc3C(C)(C)C2=C/C1=N\CCCCCC(=O)ON1C(=O)CCC1=O)N(C)C(C)(C)C=C4CS(=O)(=O)O. The number of halogens is 2. The van der Waals surface area contributed by atoms with E-state index in [9.17, 15) is 37.3 Å². The van der Waals surface area contributed by atoms with Crippen LogP contribution in [0.2, 0.25) is 10.0 Å². The van der Waals surface area contributed by atoms with Gasteiger partial charge >= 0.3 is 11.9 Å². The van der Waals surface area contributed by atoms with Crippen molar-refractivity contribution in [3.05, 3.63) is 97.1 Å². The van der Waals surface area contributed by atoms with Crippen LogP contribution in [0, 0.1) is 0 Å². The topological polar surface area (TPSA) is 171 Å². The number of imide groups is 1. The van der Waals surface area contributed by atoms with E-state index in [1.807, 2.05) is 39.1 Å². The normalized spacial score (nSPS) is 18.9. The van der Waals surface area contributed by atoms with Crippen molar-refractivity contribution in [3.8, 4) is 0 Å². The standard InChI is InChI=1S/C44H49Cl2N3O9S/c1-7-8-12-25-19-28-30(21-34(25)47-18-11-9-10-13-38(52)58-49-36(50)16-17-37(49)51)44(4,5)31-22-35-27(26(24-59(55,56)57)23-43(2,3)48(35)6)20-29(31)39(28)40-32(45)14-15-33(46)41(40)42(53)54/h14-15,19-23H,7-13,16-18,24H2,1-6H3,(H,53,54)(H,55,56,57)/b47-34+. The lowest BCUT2D eigenvalue weighted by Crippen LogP contribution is -2.43. The summed E-state index contributed by atoms with van der Waals surface area (Å²) in [5, 5.41) is 11.3. The number of aliphatic imine (C=N–C) groups is 1. The number of amides is 2. The van der Waals surface area contributed by atoms with Gasteiger partial charge in [0.25, 0.3) is 21.9 Å². The fraction of sp³-hybridized carbons (Fsp3) is 0.432. The molecule has 4 aliphatic rings. The van der Waals surface area contributed by atoms with Crippen molar-refractivity contribution in [1.82, 2.24) is 5.06 Å². The number of benzene rings is 2. The number of carbonyl (C=O) groups excluding carboxylic acids is 3. The number of likely N-dealkylation sites (N-methyl/N-ethyl adjacent to an activating group) is 1. The Hall–Kier alpha value is -4.56. The van der Waals surface area contributed by atoms with Gasteiger partial charge in [-0.2, -0.15) is 8.42 Å². The average Bonchev–Trinajstić information content (AvgIpc) is 3.46. The molecule has 2 aromatic carbocycles. The van der Waals surface area contributed by atoms with E-state index in [1.165, 1.54) is 6.07 Å². The van der Waals surface area contributed by atoms with Crippen molar-refractivity contribution in [1.29, 1.82) is 0 Å². The van der Waals surface area contributed by atoms with Crippen LogP contribution >= 0.6 is 23.2 Å². The zero-order chi connectivity index (χ0) is 43.2. The molecule has 0 unspecified atom stereocenters. The second kappa shape index (κ2) is 16.8. The number of anilines is 1. The van der Waals surface area contributed by atoms with Crippen LogP contribution in [0.1, 0.15) is 125 Å². The summed E-state index contributed by atoms with van der Waals surface area (Å²) in [6, 6.07) is 6.93. The summed E-state index contributed by atoms with van der Waals surface area (Å²) in [6.07, 6.45) is 10.3. The summed E-state index contributed by atoms with van der Waals surface area (Å²) in [7, 11) is -2.51. The van der Waals surface area contributed by atoms with Crippen molar-refractivity contribution >= 4 is 79.6 Å².